The van der Waals surface area contributed by atoms with Gasteiger partial charge in [0.25, 0.3) is 5.89 Å². The van der Waals surface area contributed by atoms with E-state index in [1.54, 1.807) is 0 Å². The van der Waals surface area contributed by atoms with Crippen molar-refractivity contribution in [3.8, 4) is 29.3 Å². The van der Waals surface area contributed by atoms with Crippen molar-refractivity contribution in [3.05, 3.63) is 35.9 Å². The molecule has 1 saturated heterocycles. The maximum atomic E-state index is 12.6. The number of carbonyl (C=O) groups excluding carboxylic acids is 1. The number of aromatic nitrogens is 1. The van der Waals surface area contributed by atoms with Crippen LogP contribution in [0.25, 0.3) is 11.3 Å². The van der Waals surface area contributed by atoms with Gasteiger partial charge in [-0.1, -0.05) is 0 Å². The molecular weight excluding hydrogens is 391 g/mol. The highest BCUT2D eigenvalue weighted by Crippen LogP contribution is 2.35. The van der Waals surface area contributed by atoms with Gasteiger partial charge in [-0.25, -0.2) is 4.98 Å². The van der Waals surface area contributed by atoms with Crippen molar-refractivity contribution in [2.45, 2.75) is 31.8 Å². The third-order valence-corrected chi connectivity index (χ3v) is 4.34. The highest BCUT2D eigenvalue weighted by Gasteiger charge is 2.33. The lowest BCUT2D eigenvalue weighted by molar-refractivity contribution is -0.274. The van der Waals surface area contributed by atoms with Crippen LogP contribution in [0.5, 0.6) is 5.75 Å². The molecule has 150 valence electrons. The molecule has 2 heterocycles. The number of hydrogen-bond acceptors (Lipinski definition) is 7. The zero-order valence-corrected chi connectivity index (χ0v) is 15.0. The Morgan fingerprint density at radius 3 is 2.79 bits per heavy atom. The molecule has 0 unspecified atom stereocenters. The highest BCUT2D eigenvalue weighted by molar-refractivity contribution is 5.90. The first-order valence-corrected chi connectivity index (χ1v) is 8.43. The van der Waals surface area contributed by atoms with Gasteiger partial charge in [0.1, 0.15) is 5.75 Å². The number of halogens is 3. The fourth-order valence-electron chi connectivity index (χ4n) is 3.03. The van der Waals surface area contributed by atoms with Gasteiger partial charge in [-0.2, -0.15) is 10.5 Å². The quantitative estimate of drug-likeness (QED) is 0.778. The average Bonchev–Trinajstić information content (AvgIpc) is 3.27. The SMILES string of the molecule is C[C@H]1C[C@@H](NC(=O)c2ncc(-c3cc(C#N)ccc3OC(F)(F)F)o2)CN1C#N. The number of carbonyl (C=O) groups is 1. The Morgan fingerprint density at radius 1 is 1.41 bits per heavy atom. The summed E-state index contributed by atoms with van der Waals surface area (Å²) in [5, 5.41) is 20.7. The van der Waals surface area contributed by atoms with Crippen LogP contribution in [0.1, 0.15) is 29.6 Å². The van der Waals surface area contributed by atoms with E-state index < -0.39 is 18.0 Å². The first-order chi connectivity index (χ1) is 13.7. The van der Waals surface area contributed by atoms with Gasteiger partial charge in [0.05, 0.1) is 23.4 Å². The fourth-order valence-corrected chi connectivity index (χ4v) is 3.03. The van der Waals surface area contributed by atoms with Crippen LogP contribution < -0.4 is 10.1 Å². The standard InChI is InChI=1S/C18H14F3N5O3/c1-10-4-12(8-26(10)9-23)25-16(27)17-24-7-15(28-17)13-5-11(6-22)2-3-14(13)29-18(19,20)21/h2-3,5,7,10,12H,4,8H2,1H3,(H,25,27)/t10-,12+/m0/s1. The first kappa shape index (κ1) is 20.0. The molecule has 3 rings (SSSR count). The summed E-state index contributed by atoms with van der Waals surface area (Å²) in [4.78, 5) is 17.7. The minimum Gasteiger partial charge on any atom is -0.432 e. The molecule has 1 aliphatic rings. The van der Waals surface area contributed by atoms with E-state index in [2.05, 4.69) is 15.0 Å². The van der Waals surface area contributed by atoms with E-state index in [1.807, 2.05) is 19.2 Å². The van der Waals surface area contributed by atoms with Gasteiger partial charge in [-0.3, -0.25) is 4.79 Å². The van der Waals surface area contributed by atoms with Crippen molar-refractivity contribution in [2.75, 3.05) is 6.54 Å². The number of rotatable bonds is 4. The topological polar surface area (TPSA) is 115 Å². The summed E-state index contributed by atoms with van der Waals surface area (Å²) in [7, 11) is 0. The number of amides is 1. The van der Waals surface area contributed by atoms with Crippen molar-refractivity contribution >= 4 is 5.91 Å². The van der Waals surface area contributed by atoms with Crippen molar-refractivity contribution in [2.24, 2.45) is 0 Å². The summed E-state index contributed by atoms with van der Waals surface area (Å²) in [6.07, 6.45) is -1.29. The summed E-state index contributed by atoms with van der Waals surface area (Å²) in [6, 6.07) is 4.79. The average molecular weight is 405 g/mol. The van der Waals surface area contributed by atoms with Gasteiger partial charge < -0.3 is 19.4 Å². The maximum Gasteiger partial charge on any atom is 0.573 e. The van der Waals surface area contributed by atoms with Crippen LogP contribution in [-0.4, -0.2) is 40.8 Å². The van der Waals surface area contributed by atoms with E-state index in [0.717, 1.165) is 24.4 Å². The van der Waals surface area contributed by atoms with Crippen molar-refractivity contribution < 1.29 is 27.1 Å². The number of oxazole rings is 1. The number of nitrogens with zero attached hydrogens (tertiary/aromatic N) is 4. The summed E-state index contributed by atoms with van der Waals surface area (Å²) in [6.45, 7) is 2.19. The van der Waals surface area contributed by atoms with Crippen LogP contribution in [0.15, 0.2) is 28.8 Å². The van der Waals surface area contributed by atoms with Crippen LogP contribution in [0.2, 0.25) is 0 Å². The predicted octanol–water partition coefficient (Wildman–Crippen LogP) is 2.79. The molecule has 1 amide bonds. The molecule has 1 aromatic carbocycles. The molecule has 8 nitrogen and oxygen atoms in total. The molecule has 0 bridgehead atoms. The van der Waals surface area contributed by atoms with Crippen LogP contribution in [0, 0.1) is 22.8 Å². The molecule has 1 fully saturated rings. The molecule has 0 spiro atoms. The molecule has 29 heavy (non-hydrogen) atoms. The second-order valence-electron chi connectivity index (χ2n) is 6.41. The van der Waals surface area contributed by atoms with Gasteiger partial charge >= 0.3 is 12.3 Å². The minimum atomic E-state index is -4.95. The fraction of sp³-hybridized carbons (Fsp3) is 0.333. The first-order valence-electron chi connectivity index (χ1n) is 8.43. The van der Waals surface area contributed by atoms with E-state index >= 15 is 0 Å². The number of ether oxygens (including phenoxy) is 1. The summed E-state index contributed by atoms with van der Waals surface area (Å²) in [5.41, 5.74) is -0.0912. The molecular formula is C18H14F3N5O3. The van der Waals surface area contributed by atoms with Crippen molar-refractivity contribution in [1.82, 2.24) is 15.2 Å². The van der Waals surface area contributed by atoms with E-state index in [-0.39, 0.29) is 34.9 Å². The Labute approximate surface area is 163 Å². The molecule has 1 aliphatic heterocycles. The summed E-state index contributed by atoms with van der Waals surface area (Å²) >= 11 is 0. The van der Waals surface area contributed by atoms with Gasteiger partial charge in [0.15, 0.2) is 12.0 Å². The number of nitriles is 2. The Kier molecular flexibility index (Phi) is 5.33. The van der Waals surface area contributed by atoms with E-state index in [1.165, 1.54) is 4.90 Å². The van der Waals surface area contributed by atoms with Crippen LogP contribution >= 0.6 is 0 Å². The minimum absolute atomic E-state index is 0.0266. The van der Waals surface area contributed by atoms with Crippen LogP contribution in [0.4, 0.5) is 13.2 Å². The molecule has 2 atom stereocenters. The predicted molar refractivity (Wildman–Crippen MR) is 91.0 cm³/mol. The van der Waals surface area contributed by atoms with E-state index in [9.17, 15) is 18.0 Å². The zero-order valence-electron chi connectivity index (χ0n) is 15.0. The summed E-state index contributed by atoms with van der Waals surface area (Å²) < 4.78 is 47.2. The molecule has 11 heteroatoms. The van der Waals surface area contributed by atoms with Crippen molar-refractivity contribution in [3.63, 3.8) is 0 Å². The number of nitrogens with one attached hydrogen (secondary N) is 1. The van der Waals surface area contributed by atoms with E-state index in [0.29, 0.717) is 13.0 Å². The number of hydrogen-bond donors (Lipinski definition) is 1. The molecule has 0 radical (unpaired) electrons. The van der Waals surface area contributed by atoms with Gasteiger partial charge in [-0.05, 0) is 31.5 Å². The second-order valence-corrected chi connectivity index (χ2v) is 6.41. The maximum absolute atomic E-state index is 12.6. The van der Waals surface area contributed by atoms with Crippen LogP contribution in [0.3, 0.4) is 0 Å². The normalized spacial score (nSPS) is 18.8. The highest BCUT2D eigenvalue weighted by atomic mass is 19.4. The van der Waals surface area contributed by atoms with Crippen LogP contribution in [-0.2, 0) is 0 Å². The lowest BCUT2D eigenvalue weighted by Gasteiger charge is -2.12. The Morgan fingerprint density at radius 2 is 2.17 bits per heavy atom. The molecule has 0 aliphatic carbocycles. The number of likely N-dealkylation sites (tertiary alicyclic amines) is 1. The largest absolute Gasteiger partial charge is 0.573 e. The Balaban J connectivity index is 1.82. The summed E-state index contributed by atoms with van der Waals surface area (Å²) in [5.74, 6) is -1.77. The molecule has 0 saturated carbocycles. The second kappa shape index (κ2) is 7.72. The van der Waals surface area contributed by atoms with Gasteiger partial charge in [0, 0.05) is 18.6 Å². The van der Waals surface area contributed by atoms with Gasteiger partial charge in [0.2, 0.25) is 0 Å². The smallest absolute Gasteiger partial charge is 0.432 e. The third kappa shape index (κ3) is 4.58. The lowest BCUT2D eigenvalue weighted by atomic mass is 10.1. The molecule has 2 aromatic rings. The molecule has 1 aromatic heterocycles. The Hall–Kier alpha value is -3.73. The van der Waals surface area contributed by atoms with Gasteiger partial charge in [-0.15, -0.1) is 13.2 Å². The monoisotopic (exact) mass is 405 g/mol. The third-order valence-electron chi connectivity index (χ3n) is 4.34. The molecule has 1 N–H and O–H groups in total. The number of benzene rings is 1. The number of alkyl halides is 3. The van der Waals surface area contributed by atoms with E-state index in [4.69, 9.17) is 14.9 Å². The van der Waals surface area contributed by atoms with Crippen molar-refractivity contribution in [1.29, 1.82) is 10.5 Å². The zero-order chi connectivity index (χ0) is 21.2. The Bertz CT molecular complexity index is 1010. The lowest BCUT2D eigenvalue weighted by Crippen LogP contribution is -2.36.